The number of amides is 1. The average molecular weight is 345 g/mol. The van der Waals surface area contributed by atoms with E-state index in [1.807, 2.05) is 24.3 Å². The van der Waals surface area contributed by atoms with Crippen LogP contribution in [0.3, 0.4) is 0 Å². The van der Waals surface area contributed by atoms with Crippen molar-refractivity contribution in [2.75, 3.05) is 6.61 Å². The van der Waals surface area contributed by atoms with Crippen LogP contribution in [0.5, 0.6) is 5.75 Å². The van der Waals surface area contributed by atoms with Crippen molar-refractivity contribution in [2.24, 2.45) is 11.0 Å². The number of nitrogens with zero attached hydrogens (tertiary/aromatic N) is 1. The van der Waals surface area contributed by atoms with Crippen molar-refractivity contribution in [3.8, 4) is 5.75 Å². The third kappa shape index (κ3) is 5.70. The van der Waals surface area contributed by atoms with Gasteiger partial charge < -0.3 is 4.74 Å². The highest BCUT2D eigenvalue weighted by molar-refractivity contribution is 6.33. The van der Waals surface area contributed by atoms with Gasteiger partial charge in [0.25, 0.3) is 5.91 Å². The molecule has 0 aliphatic carbocycles. The molecule has 4 nitrogen and oxygen atoms in total. The van der Waals surface area contributed by atoms with Gasteiger partial charge in [0, 0.05) is 0 Å². The van der Waals surface area contributed by atoms with Crippen LogP contribution >= 0.6 is 11.6 Å². The van der Waals surface area contributed by atoms with Gasteiger partial charge in [-0.2, -0.15) is 5.10 Å². The zero-order valence-corrected chi connectivity index (χ0v) is 14.6. The molecule has 0 spiro atoms. The fraction of sp³-hybridized carbons (Fsp3) is 0.263. The Kier molecular flexibility index (Phi) is 6.82. The second-order valence-corrected chi connectivity index (χ2v) is 6.19. The van der Waals surface area contributed by atoms with Crippen LogP contribution in [0.2, 0.25) is 5.02 Å². The summed E-state index contributed by atoms with van der Waals surface area (Å²) in [5, 5.41) is 4.35. The summed E-state index contributed by atoms with van der Waals surface area (Å²) in [6.45, 7) is 5.04. The summed E-state index contributed by atoms with van der Waals surface area (Å²) in [6.07, 6.45) is 2.60. The first-order valence-electron chi connectivity index (χ1n) is 7.87. The molecule has 2 aromatic rings. The van der Waals surface area contributed by atoms with E-state index >= 15 is 0 Å². The van der Waals surface area contributed by atoms with E-state index in [2.05, 4.69) is 24.4 Å². The summed E-state index contributed by atoms with van der Waals surface area (Å²) in [6, 6.07) is 14.4. The molecule has 2 aromatic carbocycles. The number of benzene rings is 2. The van der Waals surface area contributed by atoms with Gasteiger partial charge in [0.1, 0.15) is 5.75 Å². The van der Waals surface area contributed by atoms with E-state index in [1.54, 1.807) is 30.5 Å². The molecule has 24 heavy (non-hydrogen) atoms. The minimum Gasteiger partial charge on any atom is -0.494 e. The van der Waals surface area contributed by atoms with Gasteiger partial charge in [-0.1, -0.05) is 37.6 Å². The molecule has 0 aliphatic rings. The SMILES string of the molecule is CC(C)CCOc1ccc(/C=N/NC(=O)c2ccccc2Cl)cc1. The number of hydrazone groups is 1. The third-order valence-corrected chi connectivity index (χ3v) is 3.67. The average Bonchev–Trinajstić information content (AvgIpc) is 2.56. The first-order valence-corrected chi connectivity index (χ1v) is 8.25. The van der Waals surface area contributed by atoms with Crippen molar-refractivity contribution in [2.45, 2.75) is 20.3 Å². The lowest BCUT2D eigenvalue weighted by Gasteiger charge is -2.08. The van der Waals surface area contributed by atoms with Gasteiger partial charge in [-0.3, -0.25) is 4.79 Å². The Morgan fingerprint density at radius 2 is 1.92 bits per heavy atom. The Morgan fingerprint density at radius 1 is 1.21 bits per heavy atom. The molecule has 0 saturated carbocycles. The lowest BCUT2D eigenvalue weighted by Crippen LogP contribution is -2.17. The second-order valence-electron chi connectivity index (χ2n) is 5.78. The van der Waals surface area contributed by atoms with E-state index < -0.39 is 0 Å². The summed E-state index contributed by atoms with van der Waals surface area (Å²) in [5.74, 6) is 1.11. The monoisotopic (exact) mass is 344 g/mol. The maximum atomic E-state index is 12.0. The molecule has 0 unspecified atom stereocenters. The molecule has 0 heterocycles. The van der Waals surface area contributed by atoms with E-state index in [0.29, 0.717) is 23.1 Å². The number of hydrogen-bond donors (Lipinski definition) is 1. The van der Waals surface area contributed by atoms with Crippen molar-refractivity contribution in [1.82, 2.24) is 5.43 Å². The highest BCUT2D eigenvalue weighted by atomic mass is 35.5. The summed E-state index contributed by atoms with van der Waals surface area (Å²) < 4.78 is 5.66. The van der Waals surface area contributed by atoms with Crippen molar-refractivity contribution >= 4 is 23.7 Å². The van der Waals surface area contributed by atoms with Gasteiger partial charge in [0.15, 0.2) is 0 Å². The summed E-state index contributed by atoms with van der Waals surface area (Å²) >= 11 is 5.97. The van der Waals surface area contributed by atoms with Gasteiger partial charge in [-0.15, -0.1) is 0 Å². The Morgan fingerprint density at radius 3 is 2.58 bits per heavy atom. The highest BCUT2D eigenvalue weighted by Crippen LogP contribution is 2.15. The number of halogens is 1. The van der Waals surface area contributed by atoms with Crippen LogP contribution in [-0.4, -0.2) is 18.7 Å². The fourth-order valence-corrected chi connectivity index (χ4v) is 2.16. The smallest absolute Gasteiger partial charge is 0.272 e. The quantitative estimate of drug-likeness (QED) is 0.592. The molecule has 1 N–H and O–H groups in total. The topological polar surface area (TPSA) is 50.7 Å². The van der Waals surface area contributed by atoms with Gasteiger partial charge >= 0.3 is 0 Å². The van der Waals surface area contributed by atoms with E-state index in [9.17, 15) is 4.79 Å². The normalized spacial score (nSPS) is 11.0. The fourth-order valence-electron chi connectivity index (χ4n) is 1.93. The van der Waals surface area contributed by atoms with Crippen LogP contribution in [0.1, 0.15) is 36.2 Å². The van der Waals surface area contributed by atoms with E-state index in [4.69, 9.17) is 16.3 Å². The first kappa shape index (κ1) is 18.0. The van der Waals surface area contributed by atoms with Gasteiger partial charge in [0.2, 0.25) is 0 Å². The maximum absolute atomic E-state index is 12.0. The van der Waals surface area contributed by atoms with Gasteiger partial charge in [-0.25, -0.2) is 5.43 Å². The van der Waals surface area contributed by atoms with E-state index in [1.165, 1.54) is 0 Å². The Bertz CT molecular complexity index is 697. The Labute approximate surface area is 147 Å². The molecule has 0 bridgehead atoms. The van der Waals surface area contributed by atoms with Crippen molar-refractivity contribution in [1.29, 1.82) is 0 Å². The lowest BCUT2D eigenvalue weighted by molar-refractivity contribution is 0.0955. The molecule has 0 aromatic heterocycles. The zero-order chi connectivity index (χ0) is 17.4. The van der Waals surface area contributed by atoms with Gasteiger partial charge in [-0.05, 0) is 54.3 Å². The highest BCUT2D eigenvalue weighted by Gasteiger charge is 2.07. The molecular weight excluding hydrogens is 324 g/mol. The molecule has 0 saturated heterocycles. The van der Waals surface area contributed by atoms with Crippen LogP contribution in [-0.2, 0) is 0 Å². The molecule has 0 aliphatic heterocycles. The number of nitrogens with one attached hydrogen (secondary N) is 1. The summed E-state index contributed by atoms with van der Waals surface area (Å²) in [7, 11) is 0. The van der Waals surface area contributed by atoms with Crippen molar-refractivity contribution in [3.63, 3.8) is 0 Å². The minimum absolute atomic E-state index is 0.342. The summed E-state index contributed by atoms with van der Waals surface area (Å²) in [5.41, 5.74) is 3.72. The molecule has 0 atom stereocenters. The van der Waals surface area contributed by atoms with Crippen LogP contribution < -0.4 is 10.2 Å². The summed E-state index contributed by atoms with van der Waals surface area (Å²) in [4.78, 5) is 12.0. The maximum Gasteiger partial charge on any atom is 0.272 e. The van der Waals surface area contributed by atoms with Crippen molar-refractivity contribution < 1.29 is 9.53 Å². The van der Waals surface area contributed by atoms with E-state index in [0.717, 1.165) is 17.7 Å². The first-order chi connectivity index (χ1) is 11.6. The van der Waals surface area contributed by atoms with Crippen LogP contribution in [0, 0.1) is 5.92 Å². The Hall–Kier alpha value is -2.33. The molecule has 0 radical (unpaired) electrons. The predicted octanol–water partition coefficient (Wildman–Crippen LogP) is 4.53. The van der Waals surface area contributed by atoms with Crippen LogP contribution in [0.4, 0.5) is 0 Å². The standard InChI is InChI=1S/C19H21ClN2O2/c1-14(2)11-12-24-16-9-7-15(8-10-16)13-21-22-19(23)17-5-3-4-6-18(17)20/h3-10,13-14H,11-12H2,1-2H3,(H,22,23)/b21-13+. The number of rotatable bonds is 7. The molecule has 1 amide bonds. The van der Waals surface area contributed by atoms with Gasteiger partial charge in [0.05, 0.1) is 23.4 Å². The lowest BCUT2D eigenvalue weighted by atomic mass is 10.1. The largest absolute Gasteiger partial charge is 0.494 e. The molecule has 5 heteroatoms. The minimum atomic E-state index is -0.342. The number of hydrogen-bond acceptors (Lipinski definition) is 3. The molecule has 0 fully saturated rings. The van der Waals surface area contributed by atoms with Crippen LogP contribution in [0.15, 0.2) is 53.6 Å². The van der Waals surface area contributed by atoms with E-state index in [-0.39, 0.29) is 5.91 Å². The second kappa shape index (κ2) is 9.08. The Balaban J connectivity index is 1.86. The molecule has 2 rings (SSSR count). The third-order valence-electron chi connectivity index (χ3n) is 3.34. The predicted molar refractivity (Wildman–Crippen MR) is 97.9 cm³/mol. The number of ether oxygens (including phenoxy) is 1. The zero-order valence-electron chi connectivity index (χ0n) is 13.8. The number of carbonyl (C=O) groups is 1. The molecule has 126 valence electrons. The number of carbonyl (C=O) groups excluding carboxylic acids is 1. The van der Waals surface area contributed by atoms with Crippen LogP contribution in [0.25, 0.3) is 0 Å². The molecular formula is C19H21ClN2O2. The van der Waals surface area contributed by atoms with Crippen molar-refractivity contribution in [3.05, 3.63) is 64.7 Å².